The van der Waals surface area contributed by atoms with Crippen LogP contribution in [0.1, 0.15) is 74.2 Å². The summed E-state index contributed by atoms with van der Waals surface area (Å²) in [5, 5.41) is 23.5. The number of carbonyl (C=O) groups excluding carboxylic acids is 3. The molecule has 3 N–H and O–H groups in total. The Balaban J connectivity index is 2.07. The maximum Gasteiger partial charge on any atom is 0.247 e. The van der Waals surface area contributed by atoms with Gasteiger partial charge in [0.1, 0.15) is 18.5 Å². The van der Waals surface area contributed by atoms with Crippen LogP contribution >= 0.6 is 0 Å². The van der Waals surface area contributed by atoms with E-state index in [1.165, 1.54) is 7.11 Å². The molecule has 0 bridgehead atoms. The van der Waals surface area contributed by atoms with Crippen LogP contribution in [-0.2, 0) is 9.59 Å². The van der Waals surface area contributed by atoms with Crippen LogP contribution in [-0.4, -0.2) is 78.3 Å². The minimum atomic E-state index is -1.10. The first kappa shape index (κ1) is 27.7. The average Bonchev–Trinajstić information content (AvgIpc) is 3.27. The summed E-state index contributed by atoms with van der Waals surface area (Å²) in [4.78, 5) is 39.6. The number of hydrogen-bond donors (Lipinski definition) is 3. The number of carbonyl (C=O) groups is 3. The predicted molar refractivity (Wildman–Crippen MR) is 134 cm³/mol. The van der Waals surface area contributed by atoms with Gasteiger partial charge in [-0.15, -0.1) is 0 Å². The van der Waals surface area contributed by atoms with E-state index < -0.39 is 30.1 Å². The van der Waals surface area contributed by atoms with Crippen LogP contribution in [0.4, 0.5) is 0 Å². The number of nitrogens with zero attached hydrogens (tertiary/aromatic N) is 1. The molecular formula is C27H38N2O7. The number of ether oxygens (including phenoxy) is 2. The Labute approximate surface area is 212 Å². The largest absolute Gasteiger partial charge is 0.493 e. The second kappa shape index (κ2) is 12.9. The van der Waals surface area contributed by atoms with Crippen LogP contribution in [0.2, 0.25) is 0 Å². The summed E-state index contributed by atoms with van der Waals surface area (Å²) in [5.41, 5.74) is 1.26. The third kappa shape index (κ3) is 5.73. The van der Waals surface area contributed by atoms with Crippen molar-refractivity contribution in [3.05, 3.63) is 34.9 Å². The van der Waals surface area contributed by atoms with Gasteiger partial charge in [-0.25, -0.2) is 0 Å². The zero-order valence-electron chi connectivity index (χ0n) is 21.4. The van der Waals surface area contributed by atoms with Crippen LogP contribution in [0.5, 0.6) is 11.5 Å². The van der Waals surface area contributed by atoms with Gasteiger partial charge in [-0.2, -0.15) is 0 Å². The fourth-order valence-electron chi connectivity index (χ4n) is 5.06. The smallest absolute Gasteiger partial charge is 0.247 e. The fraction of sp³-hybridized carbons (Fsp3) is 0.593. The summed E-state index contributed by atoms with van der Waals surface area (Å²) in [6, 6.07) is 2.43. The van der Waals surface area contributed by atoms with Gasteiger partial charge >= 0.3 is 0 Å². The van der Waals surface area contributed by atoms with Crippen molar-refractivity contribution >= 4 is 18.1 Å². The monoisotopic (exact) mass is 502 g/mol. The standard InChI is InChI=1S/C27H38N2O7/c1-4-6-7-8-11-29(22(32)9-5-2)20-15-19(27(34)28-10-12-30)23-18-13-17(16-31)14-21(35-3)25(18)36-26(23)24(20)33/h13-16,20,23-24,26,30,33H,4-12H2,1-3H3,(H,28,34)/t20-,23+,24+,26+/m1/s1. The molecule has 0 radical (unpaired) electrons. The lowest BCUT2D eigenvalue weighted by Gasteiger charge is -2.41. The van der Waals surface area contributed by atoms with Crippen LogP contribution in [0, 0.1) is 0 Å². The van der Waals surface area contributed by atoms with E-state index in [1.54, 1.807) is 23.1 Å². The van der Waals surface area contributed by atoms with Gasteiger partial charge in [-0.05, 0) is 31.1 Å². The highest BCUT2D eigenvalue weighted by molar-refractivity contribution is 5.96. The maximum absolute atomic E-state index is 13.3. The summed E-state index contributed by atoms with van der Waals surface area (Å²) in [6.45, 7) is 4.34. The molecule has 1 aliphatic heterocycles. The number of amides is 2. The number of rotatable bonds is 13. The van der Waals surface area contributed by atoms with Gasteiger partial charge in [0, 0.05) is 36.2 Å². The number of nitrogens with one attached hydrogen (secondary N) is 1. The van der Waals surface area contributed by atoms with Gasteiger partial charge in [0.05, 0.1) is 25.7 Å². The van der Waals surface area contributed by atoms with E-state index in [-0.39, 0.29) is 19.1 Å². The maximum atomic E-state index is 13.3. The number of benzene rings is 1. The third-order valence-corrected chi connectivity index (χ3v) is 6.81. The van der Waals surface area contributed by atoms with E-state index in [0.717, 1.165) is 25.7 Å². The first-order valence-electron chi connectivity index (χ1n) is 12.8. The van der Waals surface area contributed by atoms with Crippen LogP contribution < -0.4 is 14.8 Å². The van der Waals surface area contributed by atoms with Crippen LogP contribution in [0.25, 0.3) is 0 Å². The topological polar surface area (TPSA) is 125 Å². The molecule has 0 saturated carbocycles. The number of methoxy groups -OCH3 is 1. The van der Waals surface area contributed by atoms with Crippen LogP contribution in [0.3, 0.4) is 0 Å². The highest BCUT2D eigenvalue weighted by Gasteiger charge is 2.51. The number of hydrogen-bond acceptors (Lipinski definition) is 7. The molecule has 1 aliphatic carbocycles. The average molecular weight is 503 g/mol. The zero-order valence-corrected chi connectivity index (χ0v) is 21.4. The Bertz CT molecular complexity index is 977. The molecule has 2 amide bonds. The lowest BCUT2D eigenvalue weighted by molar-refractivity contribution is -0.137. The highest BCUT2D eigenvalue weighted by atomic mass is 16.5. The van der Waals surface area contributed by atoms with Gasteiger partial charge in [-0.1, -0.05) is 33.1 Å². The summed E-state index contributed by atoms with van der Waals surface area (Å²) < 4.78 is 11.6. The lowest BCUT2D eigenvalue weighted by atomic mass is 9.77. The SMILES string of the molecule is CCCCCCN(C(=O)CCC)[C@@H]1C=C(C(=O)NCCO)[C@@H]2c3cc(C=O)cc(OC)c3O[C@@H]2[C@H]1O. The third-order valence-electron chi connectivity index (χ3n) is 6.81. The molecule has 0 fully saturated rings. The molecule has 1 aromatic carbocycles. The molecule has 2 aliphatic rings. The van der Waals surface area contributed by atoms with Gasteiger partial charge in [0.25, 0.3) is 0 Å². The summed E-state index contributed by atoms with van der Waals surface area (Å²) in [6.07, 6.45) is 5.25. The molecule has 1 heterocycles. The van der Waals surface area contributed by atoms with Crippen molar-refractivity contribution in [1.82, 2.24) is 10.2 Å². The van der Waals surface area contributed by atoms with Crippen molar-refractivity contribution in [3.8, 4) is 11.5 Å². The van der Waals surface area contributed by atoms with E-state index >= 15 is 0 Å². The lowest BCUT2D eigenvalue weighted by Crippen LogP contribution is -2.56. The van der Waals surface area contributed by atoms with E-state index in [1.807, 2.05) is 6.92 Å². The Morgan fingerprint density at radius 2 is 1.97 bits per heavy atom. The molecule has 198 valence electrons. The number of aliphatic hydroxyl groups is 2. The van der Waals surface area contributed by atoms with Crippen molar-refractivity contribution in [2.75, 3.05) is 26.8 Å². The Kier molecular flexibility index (Phi) is 9.89. The Hall–Kier alpha value is -2.91. The predicted octanol–water partition coefficient (Wildman–Crippen LogP) is 2.34. The summed E-state index contributed by atoms with van der Waals surface area (Å²) >= 11 is 0. The van der Waals surface area contributed by atoms with E-state index in [9.17, 15) is 24.6 Å². The molecule has 0 unspecified atom stereocenters. The minimum absolute atomic E-state index is 0.0572. The molecule has 9 heteroatoms. The van der Waals surface area contributed by atoms with Gasteiger partial charge in [0.15, 0.2) is 11.5 Å². The molecule has 0 saturated heterocycles. The molecular weight excluding hydrogens is 464 g/mol. The number of fused-ring (bicyclic) bond motifs is 3. The van der Waals surface area contributed by atoms with E-state index in [4.69, 9.17) is 9.47 Å². The fourth-order valence-corrected chi connectivity index (χ4v) is 5.06. The number of aldehydes is 1. The van der Waals surface area contributed by atoms with Crippen molar-refractivity contribution in [2.45, 2.75) is 76.5 Å². The second-order valence-corrected chi connectivity index (χ2v) is 9.30. The number of aliphatic hydroxyl groups excluding tert-OH is 2. The quantitative estimate of drug-likeness (QED) is 0.279. The highest BCUT2D eigenvalue weighted by Crippen LogP contribution is 2.51. The van der Waals surface area contributed by atoms with Crippen molar-refractivity contribution in [1.29, 1.82) is 0 Å². The normalized spacial score (nSPS) is 22.1. The first-order valence-corrected chi connectivity index (χ1v) is 12.8. The van der Waals surface area contributed by atoms with Crippen molar-refractivity contribution in [3.63, 3.8) is 0 Å². The molecule has 4 atom stereocenters. The van der Waals surface area contributed by atoms with Crippen molar-refractivity contribution in [2.24, 2.45) is 0 Å². The minimum Gasteiger partial charge on any atom is -0.493 e. The van der Waals surface area contributed by atoms with Gasteiger partial charge in [-0.3, -0.25) is 14.4 Å². The van der Waals surface area contributed by atoms with Crippen molar-refractivity contribution < 1.29 is 34.1 Å². The Morgan fingerprint density at radius 1 is 1.19 bits per heavy atom. The molecule has 3 rings (SSSR count). The summed E-state index contributed by atoms with van der Waals surface area (Å²) in [5.74, 6) is -0.465. The van der Waals surface area contributed by atoms with Gasteiger partial charge < -0.3 is 29.9 Å². The summed E-state index contributed by atoms with van der Waals surface area (Å²) in [7, 11) is 1.46. The van der Waals surface area contributed by atoms with E-state index in [0.29, 0.717) is 53.9 Å². The molecule has 0 aromatic heterocycles. The second-order valence-electron chi connectivity index (χ2n) is 9.30. The molecule has 9 nitrogen and oxygen atoms in total. The van der Waals surface area contributed by atoms with Gasteiger partial charge in [0.2, 0.25) is 11.8 Å². The molecule has 1 aromatic rings. The molecule has 0 spiro atoms. The zero-order chi connectivity index (χ0) is 26.2. The van der Waals surface area contributed by atoms with Crippen LogP contribution in [0.15, 0.2) is 23.8 Å². The number of unbranched alkanes of at least 4 members (excludes halogenated alkanes) is 3. The molecule has 36 heavy (non-hydrogen) atoms. The first-order chi connectivity index (χ1) is 17.4. The Morgan fingerprint density at radius 3 is 2.61 bits per heavy atom. The van der Waals surface area contributed by atoms with E-state index in [2.05, 4.69) is 12.2 Å².